The highest BCUT2D eigenvalue weighted by Crippen LogP contribution is 2.40. The van der Waals surface area contributed by atoms with Crippen LogP contribution in [0, 0.1) is 5.92 Å². The maximum absolute atomic E-state index is 12.6. The van der Waals surface area contributed by atoms with E-state index in [0.29, 0.717) is 17.1 Å². The Labute approximate surface area is 161 Å². The van der Waals surface area contributed by atoms with Gasteiger partial charge in [0.2, 0.25) is 0 Å². The molecule has 0 saturated carbocycles. The topological polar surface area (TPSA) is 52.1 Å². The predicted molar refractivity (Wildman–Crippen MR) is 107 cm³/mol. The molecule has 0 spiro atoms. The third-order valence-electron chi connectivity index (χ3n) is 4.79. The van der Waals surface area contributed by atoms with Gasteiger partial charge >= 0.3 is 0 Å². The molecule has 0 bridgehead atoms. The summed E-state index contributed by atoms with van der Waals surface area (Å²) in [6.07, 6.45) is 5.04. The van der Waals surface area contributed by atoms with Crippen LogP contribution in [0.25, 0.3) is 10.2 Å². The van der Waals surface area contributed by atoms with E-state index >= 15 is 0 Å². The lowest BCUT2D eigenvalue weighted by Crippen LogP contribution is -2.09. The summed E-state index contributed by atoms with van der Waals surface area (Å²) in [6.45, 7) is 2.31. The zero-order valence-electron chi connectivity index (χ0n) is 14.8. The fraction of sp³-hybridized carbons (Fsp3) is 0.350. The van der Waals surface area contributed by atoms with Crippen molar-refractivity contribution in [1.29, 1.82) is 0 Å². The van der Waals surface area contributed by atoms with Crippen molar-refractivity contribution in [2.75, 3.05) is 12.9 Å². The summed E-state index contributed by atoms with van der Waals surface area (Å²) in [5.41, 5.74) is 2.07. The Morgan fingerprint density at radius 3 is 3.12 bits per heavy atom. The molecule has 134 valence electrons. The summed E-state index contributed by atoms with van der Waals surface area (Å²) < 4.78 is 5.21. The number of benzene rings is 1. The zero-order chi connectivity index (χ0) is 18.1. The van der Waals surface area contributed by atoms with E-state index in [-0.39, 0.29) is 5.78 Å². The summed E-state index contributed by atoms with van der Waals surface area (Å²) in [4.78, 5) is 24.0. The van der Waals surface area contributed by atoms with Crippen LogP contribution in [0.15, 0.2) is 35.6 Å². The number of Topliss-reactive ketones (excluding diaryl/α,β-unsaturated/α-hetero) is 1. The summed E-state index contributed by atoms with van der Waals surface area (Å²) in [5, 5.41) is 2.10. The van der Waals surface area contributed by atoms with Gasteiger partial charge in [0.05, 0.1) is 12.9 Å². The molecule has 0 N–H and O–H groups in total. The van der Waals surface area contributed by atoms with E-state index in [1.54, 1.807) is 30.8 Å². The van der Waals surface area contributed by atoms with Crippen molar-refractivity contribution in [3.8, 4) is 5.75 Å². The number of fused-ring (bicyclic) bond motifs is 3. The second-order valence-electron chi connectivity index (χ2n) is 6.65. The number of thiophene rings is 1. The molecule has 6 heteroatoms. The number of carbonyl (C=O) groups is 1. The lowest BCUT2D eigenvalue weighted by molar-refractivity contribution is 0.102. The lowest BCUT2D eigenvalue weighted by atomic mass is 9.89. The van der Waals surface area contributed by atoms with Crippen molar-refractivity contribution < 1.29 is 9.53 Å². The Morgan fingerprint density at radius 1 is 1.38 bits per heavy atom. The monoisotopic (exact) mass is 384 g/mol. The molecule has 2 heterocycles. The Morgan fingerprint density at radius 2 is 2.27 bits per heavy atom. The highest BCUT2D eigenvalue weighted by Gasteiger charge is 2.23. The van der Waals surface area contributed by atoms with Gasteiger partial charge in [-0.1, -0.05) is 30.8 Å². The molecule has 0 saturated heterocycles. The Balaban J connectivity index is 1.58. The molecule has 26 heavy (non-hydrogen) atoms. The second-order valence-corrected chi connectivity index (χ2v) is 8.70. The van der Waals surface area contributed by atoms with Crippen LogP contribution < -0.4 is 4.74 Å². The van der Waals surface area contributed by atoms with Crippen LogP contribution in [-0.2, 0) is 12.8 Å². The molecule has 0 radical (unpaired) electrons. The minimum absolute atomic E-state index is 0.0818. The van der Waals surface area contributed by atoms with Gasteiger partial charge in [0.1, 0.15) is 21.9 Å². The van der Waals surface area contributed by atoms with Gasteiger partial charge in [0.25, 0.3) is 0 Å². The molecular weight excluding hydrogens is 364 g/mol. The number of nitrogens with zero attached hydrogens (tertiary/aromatic N) is 2. The average molecular weight is 385 g/mol. The van der Waals surface area contributed by atoms with Crippen molar-refractivity contribution in [2.45, 2.75) is 31.2 Å². The second kappa shape index (κ2) is 7.37. The van der Waals surface area contributed by atoms with Crippen LogP contribution >= 0.6 is 23.1 Å². The highest BCUT2D eigenvalue weighted by atomic mass is 32.2. The van der Waals surface area contributed by atoms with E-state index in [4.69, 9.17) is 4.74 Å². The number of methoxy groups -OCH3 is 1. The van der Waals surface area contributed by atoms with Gasteiger partial charge in [-0.25, -0.2) is 9.97 Å². The molecule has 4 nitrogen and oxygen atoms in total. The quantitative estimate of drug-likeness (QED) is 0.359. The molecule has 2 aromatic heterocycles. The van der Waals surface area contributed by atoms with Gasteiger partial charge in [-0.2, -0.15) is 0 Å². The van der Waals surface area contributed by atoms with E-state index in [1.165, 1.54) is 34.0 Å². The van der Waals surface area contributed by atoms with Crippen molar-refractivity contribution in [3.05, 3.63) is 46.6 Å². The van der Waals surface area contributed by atoms with Gasteiger partial charge in [0.15, 0.2) is 5.78 Å². The minimum Gasteiger partial charge on any atom is -0.497 e. The molecule has 3 aromatic rings. The van der Waals surface area contributed by atoms with Gasteiger partial charge in [-0.05, 0) is 42.9 Å². The van der Waals surface area contributed by atoms with E-state index < -0.39 is 0 Å². The van der Waals surface area contributed by atoms with Crippen LogP contribution in [0.3, 0.4) is 0 Å². The van der Waals surface area contributed by atoms with Crippen LogP contribution in [0.2, 0.25) is 0 Å². The number of ether oxygens (including phenoxy) is 1. The molecule has 0 unspecified atom stereocenters. The number of aromatic nitrogens is 2. The smallest absolute Gasteiger partial charge is 0.173 e. The molecule has 1 atom stereocenters. The van der Waals surface area contributed by atoms with Crippen LogP contribution in [-0.4, -0.2) is 28.6 Å². The number of hydrogen-bond acceptors (Lipinski definition) is 6. The van der Waals surface area contributed by atoms with Crippen molar-refractivity contribution in [1.82, 2.24) is 9.97 Å². The number of ketones is 1. The van der Waals surface area contributed by atoms with Gasteiger partial charge in [-0.15, -0.1) is 11.3 Å². The zero-order valence-corrected chi connectivity index (χ0v) is 16.5. The Hall–Kier alpha value is -1.92. The van der Waals surface area contributed by atoms with Crippen molar-refractivity contribution in [2.24, 2.45) is 5.92 Å². The van der Waals surface area contributed by atoms with Crippen LogP contribution in [0.1, 0.15) is 34.1 Å². The molecular formula is C20H20N2O2S2. The third-order valence-corrected chi connectivity index (χ3v) is 6.94. The summed E-state index contributed by atoms with van der Waals surface area (Å²) in [5.74, 6) is 1.87. The van der Waals surface area contributed by atoms with Crippen LogP contribution in [0.5, 0.6) is 5.75 Å². The molecule has 1 aliphatic carbocycles. The maximum Gasteiger partial charge on any atom is 0.173 e. The number of aryl methyl sites for hydroxylation is 1. The van der Waals surface area contributed by atoms with E-state index in [2.05, 4.69) is 16.9 Å². The SMILES string of the molecule is COc1cccc(C(=O)CSc2ncnc3sc4c(c23)CC[C@@H](C)C4)c1. The van der Waals surface area contributed by atoms with Gasteiger partial charge < -0.3 is 4.74 Å². The Kier molecular flexibility index (Phi) is 4.96. The average Bonchev–Trinajstić information content (AvgIpc) is 3.04. The standard InChI is InChI=1S/C20H20N2O2S2/c1-12-6-7-15-17(8-12)26-20-18(15)19(21-11-22-20)25-10-16(23)13-4-3-5-14(9-13)24-2/h3-5,9,11-12H,6-8,10H2,1-2H3/t12-/m1/s1. The number of rotatable bonds is 5. The van der Waals surface area contributed by atoms with Crippen molar-refractivity contribution in [3.63, 3.8) is 0 Å². The summed E-state index contributed by atoms with van der Waals surface area (Å²) >= 11 is 3.30. The first-order chi connectivity index (χ1) is 12.7. The fourth-order valence-corrected chi connectivity index (χ4v) is 5.70. The van der Waals surface area contributed by atoms with Crippen LogP contribution in [0.4, 0.5) is 0 Å². The van der Waals surface area contributed by atoms with E-state index in [0.717, 1.165) is 28.6 Å². The number of carbonyl (C=O) groups excluding carboxylic acids is 1. The summed E-state index contributed by atoms with van der Waals surface area (Å²) in [6, 6.07) is 7.30. The van der Waals surface area contributed by atoms with E-state index in [1.807, 2.05) is 18.2 Å². The fourth-order valence-electron chi connectivity index (χ4n) is 3.37. The van der Waals surface area contributed by atoms with E-state index in [9.17, 15) is 4.79 Å². The molecule has 4 rings (SSSR count). The number of hydrogen-bond donors (Lipinski definition) is 0. The maximum atomic E-state index is 12.6. The van der Waals surface area contributed by atoms with Gasteiger partial charge in [-0.3, -0.25) is 4.79 Å². The Bertz CT molecular complexity index is 968. The van der Waals surface area contributed by atoms with Crippen molar-refractivity contribution >= 4 is 39.1 Å². The number of thioether (sulfide) groups is 1. The molecule has 0 amide bonds. The molecule has 0 aliphatic heterocycles. The summed E-state index contributed by atoms with van der Waals surface area (Å²) in [7, 11) is 1.61. The largest absolute Gasteiger partial charge is 0.497 e. The predicted octanol–water partition coefficient (Wildman–Crippen LogP) is 4.80. The normalized spacial score (nSPS) is 16.5. The first-order valence-corrected chi connectivity index (χ1v) is 10.5. The molecule has 1 aromatic carbocycles. The first-order valence-electron chi connectivity index (χ1n) is 8.71. The highest BCUT2D eigenvalue weighted by molar-refractivity contribution is 8.00. The third kappa shape index (κ3) is 3.35. The molecule has 1 aliphatic rings. The molecule has 0 fully saturated rings. The minimum atomic E-state index is 0.0818. The first kappa shape index (κ1) is 17.5. The van der Waals surface area contributed by atoms with Gasteiger partial charge in [0, 0.05) is 15.8 Å². The lowest BCUT2D eigenvalue weighted by Gasteiger charge is -2.18.